The van der Waals surface area contributed by atoms with Crippen LogP contribution in [0, 0.1) is 0 Å². The van der Waals surface area contributed by atoms with Gasteiger partial charge < -0.3 is 14.6 Å². The van der Waals surface area contributed by atoms with E-state index in [0.29, 0.717) is 12.8 Å². The Morgan fingerprint density at radius 1 is 1.40 bits per heavy atom. The second-order valence-corrected chi connectivity index (χ2v) is 5.72. The highest BCUT2D eigenvalue weighted by Gasteiger charge is 2.42. The molecular formula is C19H23NO5. The number of aliphatic hydroxyl groups is 1. The van der Waals surface area contributed by atoms with Crippen molar-refractivity contribution < 1.29 is 24.2 Å². The van der Waals surface area contributed by atoms with Gasteiger partial charge in [0.1, 0.15) is 12.7 Å². The summed E-state index contributed by atoms with van der Waals surface area (Å²) in [5, 5.41) is 10.0. The molecule has 2 rings (SSSR count). The standard InChI is InChI=1S/C19H23NO5/c1-3-5-11-24-17(16(21)4-2)18(22)20-15(13-25-19(20)23)12-14-9-7-6-8-10-14/h3-4,6-10,15-17,21H,1-2,5,11-13H2/t15-,16+,17-/m0/s1. The van der Waals surface area contributed by atoms with Crippen LogP contribution >= 0.6 is 0 Å². The lowest BCUT2D eigenvalue weighted by atomic mass is 10.0. The average molecular weight is 345 g/mol. The molecule has 3 atom stereocenters. The van der Waals surface area contributed by atoms with E-state index in [2.05, 4.69) is 13.2 Å². The summed E-state index contributed by atoms with van der Waals surface area (Å²) in [6.07, 6.45) is 0.700. The van der Waals surface area contributed by atoms with Crippen LogP contribution in [-0.2, 0) is 20.7 Å². The van der Waals surface area contributed by atoms with Gasteiger partial charge in [0.25, 0.3) is 5.91 Å². The lowest BCUT2D eigenvalue weighted by Crippen LogP contribution is -2.50. The Kier molecular flexibility index (Phi) is 6.91. The third-order valence-corrected chi connectivity index (χ3v) is 3.93. The molecule has 0 aliphatic carbocycles. The molecule has 0 aromatic heterocycles. The number of hydrogen-bond acceptors (Lipinski definition) is 5. The topological polar surface area (TPSA) is 76.1 Å². The zero-order chi connectivity index (χ0) is 18.2. The van der Waals surface area contributed by atoms with Crippen LogP contribution in [0.2, 0.25) is 0 Å². The fourth-order valence-electron chi connectivity index (χ4n) is 2.62. The lowest BCUT2D eigenvalue weighted by Gasteiger charge is -2.26. The van der Waals surface area contributed by atoms with Crippen molar-refractivity contribution in [1.82, 2.24) is 4.90 Å². The highest BCUT2D eigenvalue weighted by Crippen LogP contribution is 2.20. The van der Waals surface area contributed by atoms with Crippen molar-refractivity contribution in [3.8, 4) is 0 Å². The van der Waals surface area contributed by atoms with Crippen LogP contribution < -0.4 is 0 Å². The number of benzene rings is 1. The molecular weight excluding hydrogens is 322 g/mol. The first-order chi connectivity index (χ1) is 12.1. The van der Waals surface area contributed by atoms with Gasteiger partial charge in [-0.3, -0.25) is 4.79 Å². The van der Waals surface area contributed by atoms with Gasteiger partial charge in [-0.1, -0.05) is 42.5 Å². The number of aliphatic hydroxyl groups excluding tert-OH is 1. The van der Waals surface area contributed by atoms with Gasteiger partial charge in [0.05, 0.1) is 12.6 Å². The fourth-order valence-corrected chi connectivity index (χ4v) is 2.62. The predicted molar refractivity (Wildman–Crippen MR) is 92.9 cm³/mol. The summed E-state index contributed by atoms with van der Waals surface area (Å²) in [5.41, 5.74) is 0.983. The molecule has 25 heavy (non-hydrogen) atoms. The van der Waals surface area contributed by atoms with Crippen molar-refractivity contribution in [2.45, 2.75) is 31.1 Å². The van der Waals surface area contributed by atoms with Gasteiger partial charge in [0.15, 0.2) is 6.10 Å². The molecule has 6 heteroatoms. The van der Waals surface area contributed by atoms with Crippen molar-refractivity contribution in [1.29, 1.82) is 0 Å². The number of amides is 2. The van der Waals surface area contributed by atoms with E-state index in [1.54, 1.807) is 6.08 Å². The molecule has 6 nitrogen and oxygen atoms in total. The van der Waals surface area contributed by atoms with Crippen LogP contribution in [0.25, 0.3) is 0 Å². The summed E-state index contributed by atoms with van der Waals surface area (Å²) < 4.78 is 10.5. The molecule has 1 aliphatic rings. The molecule has 1 fully saturated rings. The lowest BCUT2D eigenvalue weighted by molar-refractivity contribution is -0.147. The Morgan fingerprint density at radius 2 is 2.12 bits per heavy atom. The molecule has 0 radical (unpaired) electrons. The summed E-state index contributed by atoms with van der Waals surface area (Å²) in [7, 11) is 0. The maximum atomic E-state index is 12.8. The van der Waals surface area contributed by atoms with E-state index < -0.39 is 30.3 Å². The molecule has 1 aliphatic heterocycles. The zero-order valence-corrected chi connectivity index (χ0v) is 14.0. The molecule has 134 valence electrons. The van der Waals surface area contributed by atoms with E-state index in [9.17, 15) is 14.7 Å². The summed E-state index contributed by atoms with van der Waals surface area (Å²) in [6, 6.07) is 9.07. The maximum absolute atomic E-state index is 12.8. The average Bonchev–Trinajstić information content (AvgIpc) is 2.99. The Bertz CT molecular complexity index is 616. The zero-order valence-electron chi connectivity index (χ0n) is 14.0. The van der Waals surface area contributed by atoms with Crippen LogP contribution in [0.1, 0.15) is 12.0 Å². The van der Waals surface area contributed by atoms with Crippen LogP contribution in [0.3, 0.4) is 0 Å². The van der Waals surface area contributed by atoms with Crippen molar-refractivity contribution >= 4 is 12.0 Å². The van der Waals surface area contributed by atoms with Crippen molar-refractivity contribution in [3.63, 3.8) is 0 Å². The van der Waals surface area contributed by atoms with Gasteiger partial charge in [0, 0.05) is 0 Å². The number of nitrogens with zero attached hydrogens (tertiary/aromatic N) is 1. The van der Waals surface area contributed by atoms with Gasteiger partial charge in [-0.25, -0.2) is 9.69 Å². The number of cyclic esters (lactones) is 1. The monoisotopic (exact) mass is 345 g/mol. The molecule has 1 heterocycles. The first kappa shape index (κ1) is 18.9. The number of carbonyl (C=O) groups is 2. The summed E-state index contributed by atoms with van der Waals surface area (Å²) in [4.78, 5) is 25.9. The number of ether oxygens (including phenoxy) is 2. The smallest absolute Gasteiger partial charge is 0.417 e. The third-order valence-electron chi connectivity index (χ3n) is 3.93. The molecule has 0 unspecified atom stereocenters. The summed E-state index contributed by atoms with van der Waals surface area (Å²) in [6.45, 7) is 7.39. The van der Waals surface area contributed by atoms with Gasteiger partial charge in [-0.15, -0.1) is 13.2 Å². The van der Waals surface area contributed by atoms with E-state index in [1.165, 1.54) is 6.08 Å². The molecule has 0 spiro atoms. The predicted octanol–water partition coefficient (Wildman–Crippen LogP) is 2.08. The molecule has 1 aromatic rings. The van der Waals surface area contributed by atoms with Crippen molar-refractivity contribution in [3.05, 3.63) is 61.2 Å². The van der Waals surface area contributed by atoms with E-state index in [-0.39, 0.29) is 13.2 Å². The Morgan fingerprint density at radius 3 is 2.76 bits per heavy atom. The minimum Gasteiger partial charge on any atom is -0.447 e. The summed E-state index contributed by atoms with van der Waals surface area (Å²) in [5.74, 6) is -0.625. The number of carbonyl (C=O) groups excluding carboxylic acids is 2. The van der Waals surface area contributed by atoms with Gasteiger partial charge in [-0.05, 0) is 18.4 Å². The van der Waals surface area contributed by atoms with Gasteiger partial charge in [0.2, 0.25) is 0 Å². The number of hydrogen-bond donors (Lipinski definition) is 1. The fraction of sp³-hybridized carbons (Fsp3) is 0.368. The van der Waals surface area contributed by atoms with Crippen LogP contribution in [0.5, 0.6) is 0 Å². The second-order valence-electron chi connectivity index (χ2n) is 5.72. The Hall–Kier alpha value is -2.44. The molecule has 1 saturated heterocycles. The normalized spacial score (nSPS) is 19.2. The second kappa shape index (κ2) is 9.15. The van der Waals surface area contributed by atoms with Gasteiger partial charge >= 0.3 is 6.09 Å². The maximum Gasteiger partial charge on any atom is 0.417 e. The van der Waals surface area contributed by atoms with E-state index >= 15 is 0 Å². The van der Waals surface area contributed by atoms with E-state index in [4.69, 9.17) is 9.47 Å². The quantitative estimate of drug-likeness (QED) is 0.548. The van der Waals surface area contributed by atoms with E-state index in [1.807, 2.05) is 30.3 Å². The molecule has 2 amide bonds. The highest BCUT2D eigenvalue weighted by atomic mass is 16.6. The van der Waals surface area contributed by atoms with Crippen LogP contribution in [0.15, 0.2) is 55.6 Å². The molecule has 1 N–H and O–H groups in total. The minimum absolute atomic E-state index is 0.114. The number of imide groups is 1. The third kappa shape index (κ3) is 4.78. The first-order valence-electron chi connectivity index (χ1n) is 8.15. The van der Waals surface area contributed by atoms with Gasteiger partial charge in [-0.2, -0.15) is 0 Å². The van der Waals surface area contributed by atoms with Crippen molar-refractivity contribution in [2.24, 2.45) is 0 Å². The Labute approximate surface area is 147 Å². The minimum atomic E-state index is -1.22. The van der Waals surface area contributed by atoms with Crippen LogP contribution in [-0.4, -0.2) is 53.5 Å². The van der Waals surface area contributed by atoms with E-state index in [0.717, 1.165) is 10.5 Å². The van der Waals surface area contributed by atoms with Crippen LogP contribution in [0.4, 0.5) is 4.79 Å². The SMILES string of the molecule is C=CCCO[C@H](C(=O)N1C(=O)OC[C@@H]1Cc1ccccc1)[C@H](O)C=C. The molecule has 0 saturated carbocycles. The molecule has 1 aromatic carbocycles. The number of rotatable bonds is 9. The largest absolute Gasteiger partial charge is 0.447 e. The Balaban J connectivity index is 2.14. The highest BCUT2D eigenvalue weighted by molar-refractivity contribution is 5.96. The molecule has 0 bridgehead atoms. The first-order valence-corrected chi connectivity index (χ1v) is 8.15. The van der Waals surface area contributed by atoms with Crippen molar-refractivity contribution in [2.75, 3.05) is 13.2 Å². The summed E-state index contributed by atoms with van der Waals surface area (Å²) >= 11 is 0.